The molecule has 4 N–H and O–H groups in total. The van der Waals surface area contributed by atoms with Gasteiger partial charge in [0, 0.05) is 18.4 Å². The van der Waals surface area contributed by atoms with E-state index in [0.29, 0.717) is 30.9 Å². The van der Waals surface area contributed by atoms with Gasteiger partial charge in [-0.25, -0.2) is 4.79 Å². The lowest BCUT2D eigenvalue weighted by Crippen LogP contribution is -2.58. The second-order valence-corrected chi connectivity index (χ2v) is 13.6. The second kappa shape index (κ2) is 10.3. The average molecular weight is 545 g/mol. The highest BCUT2D eigenvalue weighted by molar-refractivity contribution is 5.92. The van der Waals surface area contributed by atoms with Gasteiger partial charge >= 0.3 is 5.97 Å². The van der Waals surface area contributed by atoms with E-state index in [4.69, 9.17) is 4.74 Å². The molecule has 4 rings (SSSR count). The lowest BCUT2D eigenvalue weighted by Gasteiger charge is -2.39. The van der Waals surface area contributed by atoms with Crippen LogP contribution in [0.3, 0.4) is 0 Å². The number of aromatic hydroxyl groups is 2. The summed E-state index contributed by atoms with van der Waals surface area (Å²) in [5.74, 6) is -1.60. The van der Waals surface area contributed by atoms with Crippen LogP contribution >= 0.6 is 0 Å². The van der Waals surface area contributed by atoms with Gasteiger partial charge in [0.25, 0.3) is 0 Å². The Morgan fingerprint density at radius 1 is 1.13 bits per heavy atom. The minimum atomic E-state index is -1.48. The number of benzene rings is 1. The smallest absolute Gasteiger partial charge is 0.329 e. The Morgan fingerprint density at radius 2 is 1.82 bits per heavy atom. The van der Waals surface area contributed by atoms with Crippen LogP contribution in [0, 0.1) is 22.2 Å². The average Bonchev–Trinajstić information content (AvgIpc) is 3.47. The molecular formula is C30H44N2O7. The highest BCUT2D eigenvalue weighted by Gasteiger charge is 2.63. The number of aliphatic hydroxyl groups excluding tert-OH is 1. The predicted molar refractivity (Wildman–Crippen MR) is 145 cm³/mol. The molecule has 2 saturated carbocycles. The van der Waals surface area contributed by atoms with E-state index in [-0.39, 0.29) is 46.7 Å². The van der Waals surface area contributed by atoms with E-state index in [1.807, 2.05) is 20.8 Å². The number of carbonyl (C=O) groups is 3. The standard InChI is InChI=1S/C30H44N2O7/c1-28(2,3)24(31-25(36)22(35)15-17-9-10-20(33)21(34)14-17)26(37)32-13-7-8-19(32)27(38)39-23-16-18-11-12-30(23,6)29(18,4)5/h9-10,14,18-19,22-24,33-35H,7-8,11-13,15-16H2,1-6H3,(H,31,36)/t18?,19-,22?,23?,24+,30?/m0/s1. The summed E-state index contributed by atoms with van der Waals surface area (Å²) in [5.41, 5.74) is -0.216. The normalized spacial score (nSPS) is 29.2. The van der Waals surface area contributed by atoms with Gasteiger partial charge in [0.15, 0.2) is 11.5 Å². The van der Waals surface area contributed by atoms with E-state index in [0.717, 1.165) is 19.3 Å². The van der Waals surface area contributed by atoms with Gasteiger partial charge in [-0.1, -0.05) is 47.6 Å². The van der Waals surface area contributed by atoms with Crippen LogP contribution in [0.4, 0.5) is 0 Å². The second-order valence-electron chi connectivity index (χ2n) is 13.6. The minimum Gasteiger partial charge on any atom is -0.504 e. The van der Waals surface area contributed by atoms with Gasteiger partial charge in [-0.15, -0.1) is 0 Å². The first-order chi connectivity index (χ1) is 18.1. The lowest BCUT2D eigenvalue weighted by atomic mass is 9.70. The van der Waals surface area contributed by atoms with Gasteiger partial charge in [0.1, 0.15) is 24.3 Å². The molecule has 1 heterocycles. The van der Waals surface area contributed by atoms with Crippen molar-refractivity contribution in [3.8, 4) is 11.5 Å². The number of ether oxygens (including phenoxy) is 1. The fourth-order valence-electron chi connectivity index (χ4n) is 6.87. The number of carbonyl (C=O) groups excluding carboxylic acids is 3. The number of esters is 1. The molecule has 3 fully saturated rings. The maximum Gasteiger partial charge on any atom is 0.329 e. The van der Waals surface area contributed by atoms with E-state index in [2.05, 4.69) is 26.1 Å². The summed E-state index contributed by atoms with van der Waals surface area (Å²) in [6.45, 7) is 12.6. The Morgan fingerprint density at radius 3 is 2.38 bits per heavy atom. The maximum atomic E-state index is 13.8. The molecule has 0 radical (unpaired) electrons. The maximum absolute atomic E-state index is 13.8. The van der Waals surface area contributed by atoms with Crippen LogP contribution in [0.1, 0.15) is 79.2 Å². The molecule has 9 heteroatoms. The molecule has 0 spiro atoms. The molecule has 0 aromatic heterocycles. The number of aliphatic hydroxyl groups is 1. The molecule has 2 aliphatic carbocycles. The van der Waals surface area contributed by atoms with Crippen molar-refractivity contribution >= 4 is 17.8 Å². The summed E-state index contributed by atoms with van der Waals surface area (Å²) in [5, 5.41) is 32.5. The highest BCUT2D eigenvalue weighted by Crippen LogP contribution is 2.66. The molecule has 2 amide bonds. The van der Waals surface area contributed by atoms with Crippen molar-refractivity contribution < 1.29 is 34.4 Å². The monoisotopic (exact) mass is 544 g/mol. The summed E-state index contributed by atoms with van der Waals surface area (Å²) >= 11 is 0. The number of nitrogens with one attached hydrogen (secondary N) is 1. The Bertz CT molecular complexity index is 1130. The number of hydrogen-bond donors (Lipinski definition) is 4. The summed E-state index contributed by atoms with van der Waals surface area (Å²) in [4.78, 5) is 41.7. The minimum absolute atomic E-state index is 0.0763. The number of hydrogen-bond acceptors (Lipinski definition) is 7. The third-order valence-electron chi connectivity index (χ3n) is 9.95. The Kier molecular flexibility index (Phi) is 7.71. The molecule has 2 bridgehead atoms. The largest absolute Gasteiger partial charge is 0.504 e. The molecule has 1 aromatic rings. The van der Waals surface area contributed by atoms with E-state index in [9.17, 15) is 29.7 Å². The number of amides is 2. The third-order valence-corrected chi connectivity index (χ3v) is 9.95. The first kappa shape index (κ1) is 29.2. The molecule has 1 aliphatic heterocycles. The quantitative estimate of drug-likeness (QED) is 0.305. The van der Waals surface area contributed by atoms with E-state index in [1.165, 1.54) is 23.1 Å². The fraction of sp³-hybridized carbons (Fsp3) is 0.700. The van der Waals surface area contributed by atoms with Gasteiger partial charge in [-0.2, -0.15) is 0 Å². The van der Waals surface area contributed by atoms with Crippen LogP contribution in [-0.2, 0) is 25.5 Å². The summed E-state index contributed by atoms with van der Waals surface area (Å²) in [6, 6.07) is 2.38. The van der Waals surface area contributed by atoms with Crippen molar-refractivity contribution in [2.75, 3.05) is 6.54 Å². The summed E-state index contributed by atoms with van der Waals surface area (Å²) in [7, 11) is 0. The number of nitrogens with zero attached hydrogens (tertiary/aromatic N) is 1. The van der Waals surface area contributed by atoms with Crippen LogP contribution in [0.15, 0.2) is 18.2 Å². The van der Waals surface area contributed by atoms with Crippen molar-refractivity contribution in [3.63, 3.8) is 0 Å². The van der Waals surface area contributed by atoms with Crippen LogP contribution in [-0.4, -0.2) is 68.8 Å². The van der Waals surface area contributed by atoms with Crippen molar-refractivity contribution in [2.24, 2.45) is 22.2 Å². The van der Waals surface area contributed by atoms with Gasteiger partial charge in [0.05, 0.1) is 0 Å². The first-order valence-electron chi connectivity index (χ1n) is 14.1. The highest BCUT2D eigenvalue weighted by atomic mass is 16.5. The number of likely N-dealkylation sites (tertiary alicyclic amines) is 1. The number of phenolic OH excluding ortho intramolecular Hbond substituents is 2. The van der Waals surface area contributed by atoms with Gasteiger partial charge < -0.3 is 30.3 Å². The topological polar surface area (TPSA) is 136 Å². The first-order valence-corrected chi connectivity index (χ1v) is 14.1. The molecular weight excluding hydrogens is 500 g/mol. The zero-order chi connectivity index (χ0) is 28.9. The number of fused-ring (bicyclic) bond motifs is 2. The summed E-state index contributed by atoms with van der Waals surface area (Å²) < 4.78 is 6.12. The number of phenols is 2. The lowest BCUT2D eigenvalue weighted by molar-refractivity contribution is -0.165. The van der Waals surface area contributed by atoms with Crippen LogP contribution < -0.4 is 5.32 Å². The number of rotatable bonds is 7. The molecule has 3 aliphatic rings. The molecule has 216 valence electrons. The van der Waals surface area contributed by atoms with Crippen LogP contribution in [0.5, 0.6) is 11.5 Å². The molecule has 6 atom stereocenters. The molecule has 39 heavy (non-hydrogen) atoms. The Hall–Kier alpha value is -2.81. The zero-order valence-corrected chi connectivity index (χ0v) is 24.0. The van der Waals surface area contributed by atoms with E-state index < -0.39 is 29.5 Å². The fourth-order valence-corrected chi connectivity index (χ4v) is 6.87. The van der Waals surface area contributed by atoms with E-state index in [1.54, 1.807) is 0 Å². The molecule has 9 nitrogen and oxygen atoms in total. The Labute approximate surface area is 230 Å². The van der Waals surface area contributed by atoms with Gasteiger partial charge in [-0.05, 0) is 66.5 Å². The van der Waals surface area contributed by atoms with Crippen LogP contribution in [0.2, 0.25) is 0 Å². The van der Waals surface area contributed by atoms with Crippen molar-refractivity contribution in [1.82, 2.24) is 10.2 Å². The van der Waals surface area contributed by atoms with Crippen LogP contribution in [0.25, 0.3) is 0 Å². The van der Waals surface area contributed by atoms with Gasteiger partial charge in [0.2, 0.25) is 11.8 Å². The summed E-state index contributed by atoms with van der Waals surface area (Å²) in [6.07, 6.45) is 2.46. The van der Waals surface area contributed by atoms with E-state index >= 15 is 0 Å². The van der Waals surface area contributed by atoms with Crippen molar-refractivity contribution in [3.05, 3.63) is 23.8 Å². The zero-order valence-electron chi connectivity index (χ0n) is 24.0. The van der Waals surface area contributed by atoms with Crippen molar-refractivity contribution in [2.45, 2.75) is 104 Å². The molecule has 1 aromatic carbocycles. The SMILES string of the molecule is CC(C)(C)[C@H](NC(=O)C(O)Cc1ccc(O)c(O)c1)C(=O)N1CCC[C@H]1C(=O)OC1CC2CCC1(C)C2(C)C. The molecule has 4 unspecified atom stereocenters. The van der Waals surface area contributed by atoms with Gasteiger partial charge in [-0.3, -0.25) is 9.59 Å². The predicted octanol–water partition coefficient (Wildman–Crippen LogP) is 3.28. The van der Waals surface area contributed by atoms with Crippen molar-refractivity contribution in [1.29, 1.82) is 0 Å². The molecule has 1 saturated heterocycles. The third kappa shape index (κ3) is 5.34. The Balaban J connectivity index is 1.43.